The lowest BCUT2D eigenvalue weighted by Gasteiger charge is -2.28. The van der Waals surface area contributed by atoms with Crippen molar-refractivity contribution < 1.29 is 9.53 Å². The SMILES string of the molecule is O=C(NCCc1ccccc1)NC1CCC(Oc2ncc(Cl)cn2)CC1. The number of ether oxygens (including phenoxy) is 1. The second-order valence-electron chi connectivity index (χ2n) is 6.41. The van der Waals surface area contributed by atoms with Crippen molar-refractivity contribution in [2.45, 2.75) is 44.2 Å². The lowest BCUT2D eigenvalue weighted by atomic mass is 9.93. The van der Waals surface area contributed by atoms with Crippen LogP contribution in [0.5, 0.6) is 6.01 Å². The molecule has 1 fully saturated rings. The van der Waals surface area contributed by atoms with Gasteiger partial charge < -0.3 is 15.4 Å². The van der Waals surface area contributed by atoms with E-state index in [-0.39, 0.29) is 18.2 Å². The normalized spacial score (nSPS) is 19.6. The number of hydrogen-bond donors (Lipinski definition) is 2. The van der Waals surface area contributed by atoms with Gasteiger partial charge in [0.15, 0.2) is 0 Å². The summed E-state index contributed by atoms with van der Waals surface area (Å²) in [6, 6.07) is 10.5. The van der Waals surface area contributed by atoms with E-state index >= 15 is 0 Å². The molecular weight excluding hydrogens is 352 g/mol. The van der Waals surface area contributed by atoms with E-state index in [1.54, 1.807) is 0 Å². The molecule has 1 aliphatic rings. The number of carbonyl (C=O) groups excluding carboxylic acids is 1. The summed E-state index contributed by atoms with van der Waals surface area (Å²) in [5, 5.41) is 6.45. The van der Waals surface area contributed by atoms with E-state index in [9.17, 15) is 4.79 Å². The van der Waals surface area contributed by atoms with E-state index in [0.29, 0.717) is 17.6 Å². The number of nitrogens with zero attached hydrogens (tertiary/aromatic N) is 2. The number of halogens is 1. The first-order chi connectivity index (χ1) is 12.7. The van der Waals surface area contributed by atoms with Crippen LogP contribution in [0.1, 0.15) is 31.2 Å². The minimum Gasteiger partial charge on any atom is -0.460 e. The highest BCUT2D eigenvalue weighted by molar-refractivity contribution is 6.30. The maximum atomic E-state index is 12.0. The summed E-state index contributed by atoms with van der Waals surface area (Å²) < 4.78 is 5.77. The van der Waals surface area contributed by atoms with Gasteiger partial charge in [-0.1, -0.05) is 41.9 Å². The molecule has 7 heteroatoms. The van der Waals surface area contributed by atoms with Crippen LogP contribution >= 0.6 is 11.6 Å². The molecule has 0 radical (unpaired) electrons. The van der Waals surface area contributed by atoms with Crippen LogP contribution in [0.2, 0.25) is 5.02 Å². The second kappa shape index (κ2) is 9.38. The average molecular weight is 375 g/mol. The van der Waals surface area contributed by atoms with Crippen LogP contribution in [-0.4, -0.2) is 34.7 Å². The van der Waals surface area contributed by atoms with Crippen molar-refractivity contribution in [1.29, 1.82) is 0 Å². The lowest BCUT2D eigenvalue weighted by Crippen LogP contribution is -2.45. The first kappa shape index (κ1) is 18.5. The largest absolute Gasteiger partial charge is 0.460 e. The highest BCUT2D eigenvalue weighted by Crippen LogP contribution is 2.22. The van der Waals surface area contributed by atoms with E-state index in [1.165, 1.54) is 18.0 Å². The van der Waals surface area contributed by atoms with E-state index in [4.69, 9.17) is 16.3 Å². The molecule has 2 N–H and O–H groups in total. The third-order valence-corrected chi connectivity index (χ3v) is 4.62. The molecule has 3 rings (SSSR count). The van der Waals surface area contributed by atoms with Crippen molar-refractivity contribution in [2.75, 3.05) is 6.54 Å². The molecule has 26 heavy (non-hydrogen) atoms. The highest BCUT2D eigenvalue weighted by atomic mass is 35.5. The first-order valence-corrected chi connectivity index (χ1v) is 9.29. The van der Waals surface area contributed by atoms with Gasteiger partial charge in [-0.2, -0.15) is 0 Å². The van der Waals surface area contributed by atoms with Crippen molar-refractivity contribution in [3.8, 4) is 6.01 Å². The minimum atomic E-state index is -0.105. The fourth-order valence-corrected chi connectivity index (χ4v) is 3.13. The molecule has 0 saturated heterocycles. The molecule has 0 aliphatic heterocycles. The number of hydrogen-bond acceptors (Lipinski definition) is 4. The quantitative estimate of drug-likeness (QED) is 0.812. The number of aromatic nitrogens is 2. The summed E-state index contributed by atoms with van der Waals surface area (Å²) in [5.74, 6) is 0. The first-order valence-electron chi connectivity index (χ1n) is 8.91. The molecule has 1 aromatic heterocycles. The van der Waals surface area contributed by atoms with E-state index in [1.807, 2.05) is 18.2 Å². The topological polar surface area (TPSA) is 76.1 Å². The number of benzene rings is 1. The van der Waals surface area contributed by atoms with E-state index in [0.717, 1.165) is 32.1 Å². The molecule has 1 aromatic carbocycles. The van der Waals surface area contributed by atoms with Gasteiger partial charge in [-0.15, -0.1) is 0 Å². The average Bonchev–Trinajstić information content (AvgIpc) is 2.66. The van der Waals surface area contributed by atoms with Crippen molar-refractivity contribution in [3.63, 3.8) is 0 Å². The third kappa shape index (κ3) is 5.88. The van der Waals surface area contributed by atoms with Gasteiger partial charge in [0.25, 0.3) is 0 Å². The number of rotatable bonds is 6. The molecule has 0 atom stereocenters. The predicted octanol–water partition coefficient (Wildman–Crippen LogP) is 3.36. The molecular formula is C19H23ClN4O2. The Kier molecular flexibility index (Phi) is 6.66. The number of amides is 2. The lowest BCUT2D eigenvalue weighted by molar-refractivity contribution is 0.129. The summed E-state index contributed by atoms with van der Waals surface area (Å²) in [6.07, 6.45) is 7.44. The van der Waals surface area contributed by atoms with Crippen molar-refractivity contribution in [2.24, 2.45) is 0 Å². The smallest absolute Gasteiger partial charge is 0.316 e. The summed E-state index contributed by atoms with van der Waals surface area (Å²) in [5.41, 5.74) is 1.22. The fraction of sp³-hybridized carbons (Fsp3) is 0.421. The van der Waals surface area contributed by atoms with Gasteiger partial charge in [0.1, 0.15) is 6.10 Å². The van der Waals surface area contributed by atoms with Crippen molar-refractivity contribution in [1.82, 2.24) is 20.6 Å². The molecule has 2 amide bonds. The van der Waals surface area contributed by atoms with Crippen LogP contribution in [0.25, 0.3) is 0 Å². The summed E-state index contributed by atoms with van der Waals surface area (Å²) >= 11 is 5.77. The molecule has 2 aromatic rings. The Hall–Kier alpha value is -2.34. The summed E-state index contributed by atoms with van der Waals surface area (Å²) in [4.78, 5) is 20.1. The van der Waals surface area contributed by atoms with E-state index < -0.39 is 0 Å². The summed E-state index contributed by atoms with van der Waals surface area (Å²) in [6.45, 7) is 0.627. The molecule has 0 bridgehead atoms. The van der Waals surface area contributed by atoms with Gasteiger partial charge in [0.05, 0.1) is 17.4 Å². The fourth-order valence-electron chi connectivity index (χ4n) is 3.04. The molecule has 6 nitrogen and oxygen atoms in total. The van der Waals surface area contributed by atoms with Gasteiger partial charge in [0.2, 0.25) is 0 Å². The van der Waals surface area contributed by atoms with Crippen molar-refractivity contribution in [3.05, 3.63) is 53.3 Å². The maximum absolute atomic E-state index is 12.0. The monoisotopic (exact) mass is 374 g/mol. The standard InChI is InChI=1S/C19H23ClN4O2/c20-15-12-22-19(23-13-15)26-17-8-6-16(7-9-17)24-18(25)21-11-10-14-4-2-1-3-5-14/h1-5,12-13,16-17H,6-11H2,(H2,21,24,25). The molecule has 1 heterocycles. The Morgan fingerprint density at radius 3 is 2.50 bits per heavy atom. The van der Waals surface area contributed by atoms with Crippen LogP contribution in [0.4, 0.5) is 4.79 Å². The minimum absolute atomic E-state index is 0.0790. The zero-order valence-corrected chi connectivity index (χ0v) is 15.3. The van der Waals surface area contributed by atoms with Crippen LogP contribution < -0.4 is 15.4 Å². The molecule has 0 unspecified atom stereocenters. The van der Waals surface area contributed by atoms with Crippen LogP contribution in [0.15, 0.2) is 42.7 Å². The Morgan fingerprint density at radius 2 is 1.81 bits per heavy atom. The highest BCUT2D eigenvalue weighted by Gasteiger charge is 2.24. The molecule has 138 valence electrons. The molecule has 0 spiro atoms. The summed E-state index contributed by atoms with van der Waals surface area (Å²) in [7, 11) is 0. The maximum Gasteiger partial charge on any atom is 0.316 e. The van der Waals surface area contributed by atoms with Gasteiger partial charge in [-0.25, -0.2) is 14.8 Å². The zero-order valence-electron chi connectivity index (χ0n) is 14.5. The molecule has 1 saturated carbocycles. The number of carbonyl (C=O) groups is 1. The Labute approximate surface area is 158 Å². The Bertz CT molecular complexity index is 688. The Morgan fingerprint density at radius 1 is 1.12 bits per heavy atom. The van der Waals surface area contributed by atoms with Crippen LogP contribution in [0, 0.1) is 0 Å². The number of urea groups is 1. The van der Waals surface area contributed by atoms with Gasteiger partial charge in [-0.3, -0.25) is 0 Å². The predicted molar refractivity (Wildman–Crippen MR) is 100 cm³/mol. The second-order valence-corrected chi connectivity index (χ2v) is 6.85. The van der Waals surface area contributed by atoms with E-state index in [2.05, 4.69) is 32.7 Å². The van der Waals surface area contributed by atoms with Gasteiger partial charge in [-0.05, 0) is 37.7 Å². The number of nitrogens with one attached hydrogen (secondary N) is 2. The van der Waals surface area contributed by atoms with Gasteiger partial charge in [0, 0.05) is 12.6 Å². The zero-order chi connectivity index (χ0) is 18.2. The molecule has 1 aliphatic carbocycles. The Balaban J connectivity index is 1.33. The van der Waals surface area contributed by atoms with Crippen molar-refractivity contribution >= 4 is 17.6 Å². The third-order valence-electron chi connectivity index (χ3n) is 4.42. The van der Waals surface area contributed by atoms with Crippen LogP contribution in [-0.2, 0) is 6.42 Å². The van der Waals surface area contributed by atoms with Crippen LogP contribution in [0.3, 0.4) is 0 Å². The van der Waals surface area contributed by atoms with Gasteiger partial charge >= 0.3 is 12.0 Å².